The molecule has 1 amide bonds. The molecule has 21 heavy (non-hydrogen) atoms. The second-order valence-corrected chi connectivity index (χ2v) is 5.59. The van der Waals surface area contributed by atoms with Crippen LogP contribution in [0.2, 0.25) is 0 Å². The molecule has 0 radical (unpaired) electrons. The first-order valence-corrected chi connectivity index (χ1v) is 7.32. The average molecular weight is 344 g/mol. The number of nitrogens with two attached hydrogens (primary N) is 1. The van der Waals surface area contributed by atoms with Crippen molar-refractivity contribution in [3.63, 3.8) is 0 Å². The Bertz CT molecular complexity index is 287. The number of likely N-dealkylation sites (N-methyl/N-ethyl adjacent to an activating group) is 1. The number of carbonyl (C=O) groups excluding carboxylic acids is 1. The van der Waals surface area contributed by atoms with E-state index in [1.807, 2.05) is 0 Å². The van der Waals surface area contributed by atoms with Crippen LogP contribution in [-0.4, -0.2) is 56.7 Å². The van der Waals surface area contributed by atoms with E-state index in [2.05, 4.69) is 31.1 Å². The smallest absolute Gasteiger partial charge is 0.227 e. The van der Waals surface area contributed by atoms with Crippen molar-refractivity contribution in [3.05, 3.63) is 0 Å². The van der Waals surface area contributed by atoms with Crippen molar-refractivity contribution in [3.8, 4) is 0 Å². The highest BCUT2D eigenvalue weighted by atomic mass is 35.5. The molecule has 0 saturated carbocycles. The molecule has 1 rings (SSSR count). The highest BCUT2D eigenvalue weighted by Crippen LogP contribution is 2.29. The van der Waals surface area contributed by atoms with Crippen molar-refractivity contribution in [1.29, 1.82) is 0 Å². The van der Waals surface area contributed by atoms with Crippen LogP contribution in [0.5, 0.6) is 0 Å². The zero-order valence-corrected chi connectivity index (χ0v) is 15.0. The van der Waals surface area contributed by atoms with Crippen molar-refractivity contribution in [1.82, 2.24) is 10.2 Å². The van der Waals surface area contributed by atoms with Gasteiger partial charge in [0.15, 0.2) is 0 Å². The molecule has 1 aliphatic heterocycles. The van der Waals surface area contributed by atoms with Gasteiger partial charge in [0.1, 0.15) is 0 Å². The first-order chi connectivity index (χ1) is 9.05. The third kappa shape index (κ3) is 6.70. The van der Waals surface area contributed by atoms with Gasteiger partial charge in [0.05, 0.1) is 5.41 Å². The van der Waals surface area contributed by atoms with Crippen LogP contribution in [-0.2, 0) is 9.53 Å². The van der Waals surface area contributed by atoms with E-state index in [1.165, 1.54) is 0 Å². The molecule has 0 aromatic heterocycles. The van der Waals surface area contributed by atoms with Crippen molar-refractivity contribution < 1.29 is 9.53 Å². The summed E-state index contributed by atoms with van der Waals surface area (Å²) in [4.78, 5) is 14.6. The summed E-state index contributed by atoms with van der Waals surface area (Å²) in [5.41, 5.74) is 5.40. The summed E-state index contributed by atoms with van der Waals surface area (Å²) in [5.74, 6) is 0.0934. The van der Waals surface area contributed by atoms with Gasteiger partial charge in [-0.25, -0.2) is 0 Å². The van der Waals surface area contributed by atoms with Gasteiger partial charge in [-0.1, -0.05) is 6.92 Å². The molecule has 7 heteroatoms. The molecular weight excluding hydrogens is 313 g/mol. The Morgan fingerprint density at radius 1 is 1.38 bits per heavy atom. The zero-order chi connectivity index (χ0) is 14.3. The molecule has 1 unspecified atom stereocenters. The molecule has 128 valence electrons. The SMILES string of the molecule is CCC(C)N(C)CCNC(=O)C1(CN)CCOCC1.Cl.Cl. The highest BCUT2D eigenvalue weighted by Gasteiger charge is 2.38. The summed E-state index contributed by atoms with van der Waals surface area (Å²) < 4.78 is 5.32. The number of halogens is 2. The Balaban J connectivity index is 0. The molecule has 1 heterocycles. The van der Waals surface area contributed by atoms with Gasteiger partial charge in [-0.05, 0) is 33.2 Å². The Hall–Kier alpha value is -0.0700. The maximum atomic E-state index is 12.3. The zero-order valence-electron chi connectivity index (χ0n) is 13.4. The van der Waals surface area contributed by atoms with Gasteiger partial charge in [0.2, 0.25) is 5.91 Å². The Kier molecular flexibility index (Phi) is 12.7. The maximum Gasteiger partial charge on any atom is 0.227 e. The largest absolute Gasteiger partial charge is 0.381 e. The number of carbonyl (C=O) groups is 1. The monoisotopic (exact) mass is 343 g/mol. The number of rotatable bonds is 7. The van der Waals surface area contributed by atoms with Crippen LogP contribution in [0.4, 0.5) is 0 Å². The number of ether oxygens (including phenoxy) is 1. The second-order valence-electron chi connectivity index (χ2n) is 5.59. The highest BCUT2D eigenvalue weighted by molar-refractivity contribution is 5.85. The van der Waals surface area contributed by atoms with E-state index in [0.717, 1.165) is 25.8 Å². The lowest BCUT2D eigenvalue weighted by Crippen LogP contribution is -2.50. The van der Waals surface area contributed by atoms with Crippen LogP contribution in [0.15, 0.2) is 0 Å². The molecule has 0 aromatic carbocycles. The number of nitrogens with one attached hydrogen (secondary N) is 1. The first kappa shape index (κ1) is 23.2. The van der Waals surface area contributed by atoms with Gasteiger partial charge in [-0.3, -0.25) is 4.79 Å². The number of amides is 1. The van der Waals surface area contributed by atoms with Crippen molar-refractivity contribution >= 4 is 30.7 Å². The van der Waals surface area contributed by atoms with Crippen molar-refractivity contribution in [2.75, 3.05) is 39.9 Å². The predicted molar refractivity (Wildman–Crippen MR) is 91.4 cm³/mol. The minimum Gasteiger partial charge on any atom is -0.381 e. The minimum absolute atomic E-state index is 0. The maximum absolute atomic E-state index is 12.3. The summed E-state index contributed by atoms with van der Waals surface area (Å²) in [6, 6.07) is 0.545. The Labute approximate surface area is 141 Å². The average Bonchev–Trinajstić information content (AvgIpc) is 2.46. The van der Waals surface area contributed by atoms with Crippen molar-refractivity contribution in [2.24, 2.45) is 11.1 Å². The molecular formula is C14H31Cl2N3O2. The first-order valence-electron chi connectivity index (χ1n) is 7.32. The molecule has 1 fully saturated rings. The number of hydrogen-bond donors (Lipinski definition) is 2. The lowest BCUT2D eigenvalue weighted by molar-refractivity contribution is -0.135. The molecule has 0 spiro atoms. The Morgan fingerprint density at radius 2 is 1.95 bits per heavy atom. The van der Waals surface area contributed by atoms with Crippen LogP contribution >= 0.6 is 24.8 Å². The summed E-state index contributed by atoms with van der Waals surface area (Å²) in [7, 11) is 2.09. The van der Waals surface area contributed by atoms with E-state index >= 15 is 0 Å². The van der Waals surface area contributed by atoms with Crippen LogP contribution in [0, 0.1) is 5.41 Å². The molecule has 0 bridgehead atoms. The third-order valence-corrected chi connectivity index (χ3v) is 4.42. The van der Waals surface area contributed by atoms with Crippen molar-refractivity contribution in [2.45, 2.75) is 39.2 Å². The molecule has 0 aromatic rings. The molecule has 3 N–H and O–H groups in total. The van der Waals surface area contributed by atoms with E-state index in [4.69, 9.17) is 10.5 Å². The predicted octanol–water partition coefficient (Wildman–Crippen LogP) is 1.43. The minimum atomic E-state index is -0.410. The van der Waals surface area contributed by atoms with E-state index in [0.29, 0.717) is 32.3 Å². The van der Waals surface area contributed by atoms with Crippen LogP contribution in [0.3, 0.4) is 0 Å². The van der Waals surface area contributed by atoms with E-state index in [-0.39, 0.29) is 30.7 Å². The van der Waals surface area contributed by atoms with Gasteiger partial charge in [-0.15, -0.1) is 24.8 Å². The van der Waals surface area contributed by atoms with E-state index < -0.39 is 5.41 Å². The van der Waals surface area contributed by atoms with Gasteiger partial charge in [0, 0.05) is 38.9 Å². The third-order valence-electron chi connectivity index (χ3n) is 4.42. The normalized spacial score (nSPS) is 18.3. The number of nitrogens with zero attached hydrogens (tertiary/aromatic N) is 1. The topological polar surface area (TPSA) is 67.6 Å². The summed E-state index contributed by atoms with van der Waals surface area (Å²) in [6.07, 6.45) is 2.58. The van der Waals surface area contributed by atoms with E-state index in [9.17, 15) is 4.79 Å². The fourth-order valence-electron chi connectivity index (χ4n) is 2.35. The molecule has 1 saturated heterocycles. The Morgan fingerprint density at radius 3 is 2.43 bits per heavy atom. The van der Waals surface area contributed by atoms with Gasteiger partial charge < -0.3 is 20.7 Å². The van der Waals surface area contributed by atoms with Gasteiger partial charge >= 0.3 is 0 Å². The summed E-state index contributed by atoms with van der Waals surface area (Å²) >= 11 is 0. The van der Waals surface area contributed by atoms with Gasteiger partial charge in [0.25, 0.3) is 0 Å². The fraction of sp³-hybridized carbons (Fsp3) is 0.929. The lowest BCUT2D eigenvalue weighted by Gasteiger charge is -2.34. The number of hydrogen-bond acceptors (Lipinski definition) is 4. The lowest BCUT2D eigenvalue weighted by atomic mass is 9.79. The second kappa shape index (κ2) is 11.5. The van der Waals surface area contributed by atoms with Crippen LogP contribution in [0.1, 0.15) is 33.1 Å². The van der Waals surface area contributed by atoms with Gasteiger partial charge in [-0.2, -0.15) is 0 Å². The molecule has 5 nitrogen and oxygen atoms in total. The fourth-order valence-corrected chi connectivity index (χ4v) is 2.35. The molecule has 1 atom stereocenters. The standard InChI is InChI=1S/C14H29N3O2.2ClH/c1-4-12(2)17(3)8-7-16-13(18)14(11-15)5-9-19-10-6-14;;/h12H,4-11,15H2,1-3H3,(H,16,18);2*1H. The molecule has 0 aliphatic carbocycles. The summed E-state index contributed by atoms with van der Waals surface area (Å²) in [6.45, 7) is 7.60. The quantitative estimate of drug-likeness (QED) is 0.733. The van der Waals surface area contributed by atoms with Crippen LogP contribution in [0.25, 0.3) is 0 Å². The molecule has 1 aliphatic rings. The van der Waals surface area contributed by atoms with E-state index in [1.54, 1.807) is 0 Å². The van der Waals surface area contributed by atoms with Crippen LogP contribution < -0.4 is 11.1 Å². The summed E-state index contributed by atoms with van der Waals surface area (Å²) in [5, 5.41) is 3.04.